The molecule has 1 spiro atoms. The summed E-state index contributed by atoms with van der Waals surface area (Å²) < 4.78 is 11.0. The van der Waals surface area contributed by atoms with Crippen molar-refractivity contribution in [2.45, 2.75) is 57.8 Å². The van der Waals surface area contributed by atoms with Crippen LogP contribution in [0, 0.1) is 16.7 Å². The second-order valence-corrected chi connectivity index (χ2v) is 10.4. The van der Waals surface area contributed by atoms with E-state index in [1.54, 1.807) is 37.7 Å². The lowest BCUT2D eigenvalue weighted by molar-refractivity contribution is -0.163. The normalized spacial score (nSPS) is 26.2. The Morgan fingerprint density at radius 2 is 1.79 bits per heavy atom. The van der Waals surface area contributed by atoms with Crippen LogP contribution >= 0.6 is 0 Å². The van der Waals surface area contributed by atoms with Crippen molar-refractivity contribution >= 4 is 12.0 Å². The number of carbonyl (C=O) groups excluding carboxylic acids is 2. The molecule has 7 nitrogen and oxygen atoms in total. The highest BCUT2D eigenvalue weighted by Crippen LogP contribution is 2.58. The third-order valence-corrected chi connectivity index (χ3v) is 6.61. The van der Waals surface area contributed by atoms with E-state index in [0.29, 0.717) is 13.1 Å². The SMILES string of the molecule is COc1ccc(CN2CC3(CC(C)(C#N)C(c4ccccc4)N3C(=O)OC(C)(C)C)C2=O)cc1. The number of β-lactam (4-membered cyclic amide) rings is 1. The molecule has 2 saturated heterocycles. The molecule has 0 N–H and O–H groups in total. The lowest BCUT2D eigenvalue weighted by Gasteiger charge is -2.51. The zero-order valence-corrected chi connectivity index (χ0v) is 20.4. The fraction of sp³-hybridized carbons (Fsp3) is 0.444. The molecule has 2 aliphatic rings. The Morgan fingerprint density at radius 1 is 1.15 bits per heavy atom. The van der Waals surface area contributed by atoms with Crippen LogP contribution in [0.1, 0.15) is 51.3 Å². The van der Waals surface area contributed by atoms with E-state index >= 15 is 0 Å². The molecule has 0 bridgehead atoms. The van der Waals surface area contributed by atoms with Crippen LogP contribution in [0.25, 0.3) is 0 Å². The van der Waals surface area contributed by atoms with Crippen molar-refractivity contribution in [1.29, 1.82) is 5.26 Å². The molecule has 0 saturated carbocycles. The van der Waals surface area contributed by atoms with Crippen LogP contribution in [0.4, 0.5) is 4.79 Å². The summed E-state index contributed by atoms with van der Waals surface area (Å²) >= 11 is 0. The number of amides is 2. The number of hydrogen-bond donors (Lipinski definition) is 0. The molecule has 2 fully saturated rings. The van der Waals surface area contributed by atoms with Gasteiger partial charge in [0.2, 0.25) is 0 Å². The first-order valence-electron chi connectivity index (χ1n) is 11.4. The molecule has 2 aromatic carbocycles. The van der Waals surface area contributed by atoms with Gasteiger partial charge in [0.1, 0.15) is 16.9 Å². The summed E-state index contributed by atoms with van der Waals surface area (Å²) in [4.78, 5) is 30.5. The van der Waals surface area contributed by atoms with Gasteiger partial charge in [-0.05, 0) is 51.0 Å². The Bertz CT molecular complexity index is 1120. The maximum atomic E-state index is 13.7. The number of likely N-dealkylation sites (tertiary alicyclic amines) is 2. The predicted molar refractivity (Wildman–Crippen MR) is 127 cm³/mol. The van der Waals surface area contributed by atoms with Crippen LogP contribution < -0.4 is 4.74 Å². The van der Waals surface area contributed by atoms with Gasteiger partial charge < -0.3 is 14.4 Å². The second-order valence-electron chi connectivity index (χ2n) is 10.4. The molecule has 3 unspecified atom stereocenters. The minimum Gasteiger partial charge on any atom is -0.497 e. The Morgan fingerprint density at radius 3 is 2.32 bits per heavy atom. The molecule has 0 aliphatic carbocycles. The molecule has 2 heterocycles. The summed E-state index contributed by atoms with van der Waals surface area (Å²) in [5.41, 5.74) is -1.01. The molecule has 0 aromatic heterocycles. The molecule has 0 radical (unpaired) electrons. The van der Waals surface area contributed by atoms with Crippen molar-refractivity contribution in [2.24, 2.45) is 5.41 Å². The second kappa shape index (κ2) is 8.35. The molecule has 7 heteroatoms. The summed E-state index contributed by atoms with van der Waals surface area (Å²) in [6, 6.07) is 18.8. The fourth-order valence-corrected chi connectivity index (χ4v) is 5.21. The minimum absolute atomic E-state index is 0.158. The Kier molecular flexibility index (Phi) is 5.80. The van der Waals surface area contributed by atoms with E-state index in [0.717, 1.165) is 16.9 Å². The first-order chi connectivity index (χ1) is 16.0. The lowest BCUT2D eigenvalue weighted by Crippen LogP contribution is -2.72. The monoisotopic (exact) mass is 461 g/mol. The predicted octanol–water partition coefficient (Wildman–Crippen LogP) is 4.69. The number of carbonyl (C=O) groups is 2. The quantitative estimate of drug-likeness (QED) is 0.617. The average molecular weight is 462 g/mol. The molecular weight excluding hydrogens is 430 g/mol. The van der Waals surface area contributed by atoms with E-state index in [-0.39, 0.29) is 12.3 Å². The van der Waals surface area contributed by atoms with Gasteiger partial charge in [-0.1, -0.05) is 42.5 Å². The third kappa shape index (κ3) is 3.98. The van der Waals surface area contributed by atoms with Crippen LogP contribution in [0.2, 0.25) is 0 Å². The first-order valence-corrected chi connectivity index (χ1v) is 11.4. The van der Waals surface area contributed by atoms with Crippen LogP contribution in [-0.2, 0) is 16.1 Å². The number of nitriles is 1. The number of methoxy groups -OCH3 is 1. The van der Waals surface area contributed by atoms with Gasteiger partial charge in [-0.25, -0.2) is 4.79 Å². The lowest BCUT2D eigenvalue weighted by atomic mass is 9.75. The van der Waals surface area contributed by atoms with Crippen molar-refractivity contribution in [3.05, 3.63) is 65.7 Å². The van der Waals surface area contributed by atoms with Gasteiger partial charge in [-0.2, -0.15) is 5.26 Å². The molecule has 2 aliphatic heterocycles. The number of ether oxygens (including phenoxy) is 2. The van der Waals surface area contributed by atoms with E-state index in [1.807, 2.05) is 61.5 Å². The number of benzene rings is 2. The van der Waals surface area contributed by atoms with Crippen molar-refractivity contribution in [3.63, 3.8) is 0 Å². The van der Waals surface area contributed by atoms with Crippen molar-refractivity contribution in [1.82, 2.24) is 9.80 Å². The average Bonchev–Trinajstić information content (AvgIpc) is 3.10. The van der Waals surface area contributed by atoms with Gasteiger partial charge in [-0.3, -0.25) is 9.69 Å². The highest BCUT2D eigenvalue weighted by molar-refractivity contribution is 5.97. The Labute approximate surface area is 200 Å². The van der Waals surface area contributed by atoms with E-state index in [9.17, 15) is 14.9 Å². The van der Waals surface area contributed by atoms with Gasteiger partial charge in [0.25, 0.3) is 5.91 Å². The number of hydrogen-bond acceptors (Lipinski definition) is 5. The van der Waals surface area contributed by atoms with Crippen LogP contribution in [0.15, 0.2) is 54.6 Å². The Balaban J connectivity index is 1.69. The van der Waals surface area contributed by atoms with E-state index in [4.69, 9.17) is 9.47 Å². The largest absolute Gasteiger partial charge is 0.497 e. The molecule has 4 rings (SSSR count). The van der Waals surface area contributed by atoms with Crippen LogP contribution in [0.5, 0.6) is 5.75 Å². The Hall–Kier alpha value is -3.53. The molecule has 34 heavy (non-hydrogen) atoms. The summed E-state index contributed by atoms with van der Waals surface area (Å²) in [5.74, 6) is 0.589. The van der Waals surface area contributed by atoms with Crippen LogP contribution in [0.3, 0.4) is 0 Å². The number of nitrogens with zero attached hydrogens (tertiary/aromatic N) is 3. The van der Waals surface area contributed by atoms with Gasteiger partial charge >= 0.3 is 6.09 Å². The van der Waals surface area contributed by atoms with E-state index < -0.39 is 28.7 Å². The van der Waals surface area contributed by atoms with E-state index in [1.165, 1.54) is 0 Å². The zero-order valence-electron chi connectivity index (χ0n) is 20.4. The molecule has 2 aromatic rings. The molecular formula is C27H31N3O4. The highest BCUT2D eigenvalue weighted by Gasteiger charge is 2.70. The maximum absolute atomic E-state index is 13.7. The van der Waals surface area contributed by atoms with Crippen molar-refractivity contribution in [3.8, 4) is 11.8 Å². The summed E-state index contributed by atoms with van der Waals surface area (Å²) in [7, 11) is 1.61. The minimum atomic E-state index is -1.11. The highest BCUT2D eigenvalue weighted by atomic mass is 16.6. The third-order valence-electron chi connectivity index (χ3n) is 6.61. The molecule has 178 valence electrons. The van der Waals surface area contributed by atoms with E-state index in [2.05, 4.69) is 6.07 Å². The maximum Gasteiger partial charge on any atom is 0.411 e. The smallest absolute Gasteiger partial charge is 0.411 e. The summed E-state index contributed by atoms with van der Waals surface area (Å²) in [6.07, 6.45) is -0.314. The van der Waals surface area contributed by atoms with Crippen LogP contribution in [-0.4, -0.2) is 46.6 Å². The van der Waals surface area contributed by atoms with Gasteiger partial charge in [0.15, 0.2) is 0 Å². The summed E-state index contributed by atoms with van der Waals surface area (Å²) in [5, 5.41) is 10.2. The number of rotatable bonds is 4. The molecule has 3 atom stereocenters. The first kappa shape index (κ1) is 23.6. The van der Waals surface area contributed by atoms with Crippen molar-refractivity contribution in [2.75, 3.05) is 13.7 Å². The standard InChI is InChI=1S/C27H31N3O4/c1-25(2,3)34-24(32)30-22(20-9-7-6-8-10-20)26(4,17-28)16-27(30)18-29(23(27)31)15-19-11-13-21(33-5)14-12-19/h6-14,22H,15-16,18H2,1-5H3. The topological polar surface area (TPSA) is 82.9 Å². The zero-order chi connectivity index (χ0) is 24.7. The van der Waals surface area contributed by atoms with Crippen molar-refractivity contribution < 1.29 is 19.1 Å². The van der Waals surface area contributed by atoms with Gasteiger partial charge in [-0.15, -0.1) is 0 Å². The van der Waals surface area contributed by atoms with Gasteiger partial charge in [0.05, 0.1) is 31.2 Å². The molecule has 2 amide bonds. The fourth-order valence-electron chi connectivity index (χ4n) is 5.21. The summed E-state index contributed by atoms with van der Waals surface area (Å²) in [6.45, 7) is 7.99. The van der Waals surface area contributed by atoms with Gasteiger partial charge in [0, 0.05) is 13.0 Å².